The molecule has 0 radical (unpaired) electrons. The first-order valence-corrected chi connectivity index (χ1v) is 9.12. The summed E-state index contributed by atoms with van der Waals surface area (Å²) in [4.78, 5) is 10.9. The highest BCUT2D eigenvalue weighted by Gasteiger charge is 2.30. The van der Waals surface area contributed by atoms with Crippen molar-refractivity contribution >= 4 is 44.1 Å². The minimum atomic E-state index is -0.660. The molecule has 126 valence electrons. The molecule has 0 spiro atoms. The molecule has 0 amide bonds. The van der Waals surface area contributed by atoms with Crippen molar-refractivity contribution in [3.8, 4) is 6.07 Å². The van der Waals surface area contributed by atoms with E-state index < -0.39 is 5.60 Å². The van der Waals surface area contributed by atoms with Crippen LogP contribution in [-0.4, -0.2) is 33.8 Å². The van der Waals surface area contributed by atoms with Gasteiger partial charge in [-0.05, 0) is 32.8 Å². The Morgan fingerprint density at radius 3 is 2.71 bits per heavy atom. The first kappa shape index (κ1) is 17.4. The molecule has 0 aliphatic carbocycles. The summed E-state index contributed by atoms with van der Waals surface area (Å²) in [5, 5.41) is 20.9. The van der Waals surface area contributed by atoms with Crippen molar-refractivity contribution in [2.45, 2.75) is 37.1 Å². The number of anilines is 1. The van der Waals surface area contributed by atoms with Crippen LogP contribution in [0.15, 0.2) is 12.3 Å². The van der Waals surface area contributed by atoms with Crippen LogP contribution in [0, 0.1) is 11.3 Å². The number of rotatable bonds is 2. The van der Waals surface area contributed by atoms with Crippen LogP contribution >= 0.6 is 27.5 Å². The van der Waals surface area contributed by atoms with Crippen molar-refractivity contribution in [3.63, 3.8) is 0 Å². The van der Waals surface area contributed by atoms with E-state index >= 15 is 0 Å². The second-order valence-electron chi connectivity index (χ2n) is 6.46. The van der Waals surface area contributed by atoms with Crippen LogP contribution in [0.25, 0.3) is 10.9 Å². The molecule has 1 aliphatic rings. The number of hydrogen-bond donors (Lipinski definition) is 1. The molecule has 2 aromatic rings. The average Bonchev–Trinajstić information content (AvgIpc) is 2.53. The van der Waals surface area contributed by atoms with Gasteiger partial charge in [0, 0.05) is 18.5 Å². The minimum absolute atomic E-state index is 0.0954. The van der Waals surface area contributed by atoms with Crippen molar-refractivity contribution in [2.24, 2.45) is 0 Å². The molecule has 1 aliphatic heterocycles. The maximum atomic E-state index is 10.2. The van der Waals surface area contributed by atoms with Gasteiger partial charge in [0.15, 0.2) is 0 Å². The van der Waals surface area contributed by atoms with Crippen molar-refractivity contribution in [3.05, 3.63) is 28.7 Å². The summed E-state index contributed by atoms with van der Waals surface area (Å²) >= 11 is 9.77. The summed E-state index contributed by atoms with van der Waals surface area (Å²) < 4.78 is 0. The summed E-state index contributed by atoms with van der Waals surface area (Å²) in [6.45, 7) is 5.18. The smallest absolute Gasteiger partial charge is 0.149 e. The molecule has 1 saturated heterocycles. The zero-order chi connectivity index (χ0) is 17.5. The fourth-order valence-electron chi connectivity index (χ4n) is 2.99. The number of hydrogen-bond acceptors (Lipinski definition) is 5. The number of aromatic nitrogens is 2. The summed E-state index contributed by atoms with van der Waals surface area (Å²) in [7, 11) is 0. The van der Waals surface area contributed by atoms with Gasteiger partial charge in [-0.3, -0.25) is 4.98 Å². The molecule has 0 aromatic carbocycles. The van der Waals surface area contributed by atoms with Gasteiger partial charge in [0.2, 0.25) is 0 Å². The van der Waals surface area contributed by atoms with Crippen LogP contribution in [0.5, 0.6) is 0 Å². The molecule has 1 fully saturated rings. The van der Waals surface area contributed by atoms with E-state index in [0.717, 1.165) is 16.8 Å². The number of nitrogens with zero attached hydrogens (tertiary/aromatic N) is 4. The molecule has 3 heterocycles. The molecule has 0 saturated carbocycles. The predicted octanol–water partition coefficient (Wildman–Crippen LogP) is 3.96. The third-order valence-electron chi connectivity index (χ3n) is 4.50. The Morgan fingerprint density at radius 2 is 2.12 bits per heavy atom. The summed E-state index contributed by atoms with van der Waals surface area (Å²) in [5.74, 6) is 0. The molecule has 24 heavy (non-hydrogen) atoms. The molecule has 1 N–H and O–H groups in total. The van der Waals surface area contributed by atoms with E-state index in [0.29, 0.717) is 37.0 Å². The Bertz CT molecular complexity index is 821. The van der Waals surface area contributed by atoms with Gasteiger partial charge in [-0.15, -0.1) is 0 Å². The number of halogens is 2. The highest BCUT2D eigenvalue weighted by atomic mass is 79.9. The third-order valence-corrected chi connectivity index (χ3v) is 5.24. The lowest BCUT2D eigenvalue weighted by Gasteiger charge is -2.38. The van der Waals surface area contributed by atoms with Crippen LogP contribution in [0.4, 0.5) is 5.69 Å². The van der Waals surface area contributed by atoms with Gasteiger partial charge in [0.05, 0.1) is 33.5 Å². The number of alkyl halides is 1. The maximum Gasteiger partial charge on any atom is 0.149 e. The Hall–Kier alpha value is -1.42. The SMILES string of the molecule is CC(Br)c1cc2c(N3CCC(C)(O)CC3)c(C#N)c(Cl)nc2cn1. The van der Waals surface area contributed by atoms with Crippen LogP contribution in [-0.2, 0) is 0 Å². The highest BCUT2D eigenvalue weighted by Crippen LogP contribution is 2.37. The van der Waals surface area contributed by atoms with Crippen LogP contribution in [0.1, 0.15) is 42.8 Å². The fourth-order valence-corrected chi connectivity index (χ4v) is 3.47. The Morgan fingerprint density at radius 1 is 1.46 bits per heavy atom. The van der Waals surface area contributed by atoms with Gasteiger partial charge in [0.25, 0.3) is 0 Å². The van der Waals surface area contributed by atoms with Crippen molar-refractivity contribution in [1.29, 1.82) is 5.26 Å². The standard InChI is InChI=1S/C17H18BrClN4O/c1-10(18)13-7-11-14(9-21-13)22-16(19)12(8-20)15(11)23-5-3-17(2,24)4-6-23/h7,9-10,24H,3-6H2,1-2H3. The predicted molar refractivity (Wildman–Crippen MR) is 98.7 cm³/mol. The monoisotopic (exact) mass is 408 g/mol. The van der Waals surface area contributed by atoms with E-state index in [1.54, 1.807) is 6.20 Å². The van der Waals surface area contributed by atoms with E-state index in [2.05, 4.69) is 36.9 Å². The van der Waals surface area contributed by atoms with Gasteiger partial charge >= 0.3 is 0 Å². The lowest BCUT2D eigenvalue weighted by Crippen LogP contribution is -2.42. The van der Waals surface area contributed by atoms with Crippen LogP contribution in [0.2, 0.25) is 5.15 Å². The molecule has 7 heteroatoms. The highest BCUT2D eigenvalue weighted by molar-refractivity contribution is 9.09. The molecule has 3 rings (SSSR count). The molecule has 1 atom stereocenters. The van der Waals surface area contributed by atoms with Gasteiger partial charge in [-0.1, -0.05) is 27.5 Å². The maximum absolute atomic E-state index is 10.2. The zero-order valence-electron chi connectivity index (χ0n) is 13.6. The molecule has 5 nitrogen and oxygen atoms in total. The van der Waals surface area contributed by atoms with E-state index in [9.17, 15) is 10.4 Å². The molecule has 1 unspecified atom stereocenters. The van der Waals surface area contributed by atoms with Gasteiger partial charge in [0.1, 0.15) is 16.8 Å². The van der Waals surface area contributed by atoms with Crippen LogP contribution in [0.3, 0.4) is 0 Å². The van der Waals surface area contributed by atoms with Crippen molar-refractivity contribution < 1.29 is 5.11 Å². The topological polar surface area (TPSA) is 73.0 Å². The summed E-state index contributed by atoms with van der Waals surface area (Å²) in [6.07, 6.45) is 2.98. The second kappa shape index (κ2) is 6.47. The quantitative estimate of drug-likeness (QED) is 0.600. The summed E-state index contributed by atoms with van der Waals surface area (Å²) in [5.41, 5.74) is 2.06. The van der Waals surface area contributed by atoms with Crippen molar-refractivity contribution in [1.82, 2.24) is 9.97 Å². The zero-order valence-corrected chi connectivity index (χ0v) is 15.9. The number of fused-ring (bicyclic) bond motifs is 1. The first-order chi connectivity index (χ1) is 11.3. The second-order valence-corrected chi connectivity index (χ2v) is 8.20. The van der Waals surface area contributed by atoms with Crippen molar-refractivity contribution in [2.75, 3.05) is 18.0 Å². The molecule has 2 aromatic heterocycles. The summed E-state index contributed by atoms with van der Waals surface area (Å²) in [6, 6.07) is 4.15. The number of pyridine rings is 2. The lowest BCUT2D eigenvalue weighted by molar-refractivity contribution is 0.0352. The van der Waals surface area contributed by atoms with Gasteiger partial charge < -0.3 is 10.0 Å². The molecular weight excluding hydrogens is 392 g/mol. The average molecular weight is 410 g/mol. The van der Waals surface area contributed by atoms with E-state index in [-0.39, 0.29) is 9.98 Å². The van der Waals surface area contributed by atoms with E-state index in [1.807, 2.05) is 19.9 Å². The fraction of sp³-hybridized carbons (Fsp3) is 0.471. The van der Waals surface area contributed by atoms with E-state index in [1.165, 1.54) is 0 Å². The largest absolute Gasteiger partial charge is 0.390 e. The molecule has 0 bridgehead atoms. The number of aliphatic hydroxyl groups is 1. The van der Waals surface area contributed by atoms with Gasteiger partial charge in [-0.2, -0.15) is 5.26 Å². The Kier molecular flexibility index (Phi) is 4.69. The Labute approximate surface area is 154 Å². The lowest BCUT2D eigenvalue weighted by atomic mass is 9.93. The third kappa shape index (κ3) is 3.21. The normalized spacial score (nSPS) is 18.4. The van der Waals surface area contributed by atoms with E-state index in [4.69, 9.17) is 11.6 Å². The Balaban J connectivity index is 2.19. The first-order valence-electron chi connectivity index (χ1n) is 7.83. The number of nitriles is 1. The molecular formula is C17H18BrClN4O. The van der Waals surface area contributed by atoms with Crippen LogP contribution < -0.4 is 4.90 Å². The van der Waals surface area contributed by atoms with Gasteiger partial charge in [-0.25, -0.2) is 4.98 Å². The number of piperidine rings is 1. The minimum Gasteiger partial charge on any atom is -0.390 e.